The summed E-state index contributed by atoms with van der Waals surface area (Å²) in [5, 5.41) is 0. The van der Waals surface area contributed by atoms with Gasteiger partial charge in [0.1, 0.15) is 0 Å². The van der Waals surface area contributed by atoms with Crippen molar-refractivity contribution in [1.82, 2.24) is 4.90 Å². The van der Waals surface area contributed by atoms with E-state index in [1.165, 1.54) is 11.1 Å². The zero-order valence-electron chi connectivity index (χ0n) is 12.5. The Hall–Kier alpha value is -0.470. The van der Waals surface area contributed by atoms with Crippen molar-refractivity contribution in [3.05, 3.63) is 35.4 Å². The van der Waals surface area contributed by atoms with Crippen molar-refractivity contribution in [3.63, 3.8) is 0 Å². The van der Waals surface area contributed by atoms with E-state index in [0.29, 0.717) is 19.1 Å². The number of halogens is 1. The molecule has 1 aromatic carbocycles. The van der Waals surface area contributed by atoms with Crippen molar-refractivity contribution in [2.24, 2.45) is 10.7 Å². The summed E-state index contributed by atoms with van der Waals surface area (Å²) in [6.45, 7) is 6.00. The summed E-state index contributed by atoms with van der Waals surface area (Å²) in [6, 6.07) is 8.26. The average molecular weight is 421 g/mol. The van der Waals surface area contributed by atoms with Gasteiger partial charge in [0.05, 0.1) is 13.2 Å². The first-order valence-electron chi connectivity index (χ1n) is 7.08. The van der Waals surface area contributed by atoms with Gasteiger partial charge < -0.3 is 15.4 Å². The van der Waals surface area contributed by atoms with E-state index in [0.717, 1.165) is 31.2 Å². The number of nitrogens with two attached hydrogens (primary N) is 1. The molecule has 6 heteroatoms. The lowest BCUT2D eigenvalue weighted by atomic mass is 10.1. The van der Waals surface area contributed by atoms with Crippen LogP contribution in [-0.4, -0.2) is 42.1 Å². The van der Waals surface area contributed by atoms with Crippen molar-refractivity contribution in [2.45, 2.75) is 20.1 Å². The van der Waals surface area contributed by atoms with Crippen LogP contribution in [-0.2, 0) is 17.9 Å². The van der Waals surface area contributed by atoms with E-state index in [4.69, 9.17) is 10.5 Å². The maximum absolute atomic E-state index is 6.08. The molecule has 2 rings (SSSR count). The van der Waals surface area contributed by atoms with Gasteiger partial charge in [-0.3, -0.25) is 0 Å². The summed E-state index contributed by atoms with van der Waals surface area (Å²) < 4.78 is 5.49. The predicted octanol–water partition coefficient (Wildman–Crippen LogP) is 2.70. The van der Waals surface area contributed by atoms with Crippen LogP contribution in [0.1, 0.15) is 18.1 Å². The molecular formula is C15H24IN3OS. The number of ether oxygens (including phenoxy) is 1. The summed E-state index contributed by atoms with van der Waals surface area (Å²) in [5.74, 6) is 2.94. The second-order valence-corrected chi connectivity index (χ2v) is 5.90. The van der Waals surface area contributed by atoms with Gasteiger partial charge in [0, 0.05) is 31.2 Å². The lowest BCUT2D eigenvalue weighted by Gasteiger charge is -2.27. The molecule has 0 saturated carbocycles. The van der Waals surface area contributed by atoms with Crippen LogP contribution < -0.4 is 5.73 Å². The summed E-state index contributed by atoms with van der Waals surface area (Å²) in [7, 11) is 0. The Morgan fingerprint density at radius 1 is 1.29 bits per heavy atom. The van der Waals surface area contributed by atoms with Gasteiger partial charge in [0.15, 0.2) is 5.96 Å². The molecule has 2 N–H and O–H groups in total. The third-order valence-electron chi connectivity index (χ3n) is 3.33. The molecule has 21 heavy (non-hydrogen) atoms. The van der Waals surface area contributed by atoms with E-state index in [1.54, 1.807) is 0 Å². The molecule has 1 saturated heterocycles. The molecule has 4 nitrogen and oxygen atoms in total. The van der Waals surface area contributed by atoms with Gasteiger partial charge in [-0.2, -0.15) is 11.8 Å². The Morgan fingerprint density at radius 2 is 1.95 bits per heavy atom. The molecule has 0 unspecified atom stereocenters. The van der Waals surface area contributed by atoms with Gasteiger partial charge in [0.2, 0.25) is 0 Å². The standard InChI is InChI=1S/C15H23N3OS.HI/c1-2-19-12-14-6-4-3-5-13(14)11-17-15(16)18-7-9-20-10-8-18;/h3-6H,2,7-12H2,1H3,(H2,16,17);1H. The Kier molecular flexibility index (Phi) is 9.10. The molecule has 0 atom stereocenters. The molecule has 1 aromatic rings. The van der Waals surface area contributed by atoms with Gasteiger partial charge in [-0.25, -0.2) is 4.99 Å². The quantitative estimate of drug-likeness (QED) is 0.451. The van der Waals surface area contributed by atoms with E-state index >= 15 is 0 Å². The molecule has 0 amide bonds. The van der Waals surface area contributed by atoms with Crippen LogP contribution in [0.15, 0.2) is 29.3 Å². The molecule has 1 heterocycles. The van der Waals surface area contributed by atoms with Crippen LogP contribution in [0.5, 0.6) is 0 Å². The maximum atomic E-state index is 6.08. The minimum Gasteiger partial charge on any atom is -0.377 e. The van der Waals surface area contributed by atoms with E-state index < -0.39 is 0 Å². The summed E-state index contributed by atoms with van der Waals surface area (Å²) in [5.41, 5.74) is 8.47. The van der Waals surface area contributed by atoms with E-state index in [2.05, 4.69) is 22.0 Å². The molecule has 0 aliphatic carbocycles. The van der Waals surface area contributed by atoms with Crippen LogP contribution >= 0.6 is 35.7 Å². The fourth-order valence-corrected chi connectivity index (χ4v) is 3.03. The number of guanidine groups is 1. The molecule has 0 radical (unpaired) electrons. The van der Waals surface area contributed by atoms with Gasteiger partial charge >= 0.3 is 0 Å². The maximum Gasteiger partial charge on any atom is 0.191 e. The predicted molar refractivity (Wildman–Crippen MR) is 101 cm³/mol. The molecule has 118 valence electrons. The average Bonchev–Trinajstić information content (AvgIpc) is 2.52. The highest BCUT2D eigenvalue weighted by molar-refractivity contribution is 14.0. The lowest BCUT2D eigenvalue weighted by molar-refractivity contribution is 0.133. The number of hydrogen-bond acceptors (Lipinski definition) is 3. The van der Waals surface area contributed by atoms with Crippen LogP contribution in [0.3, 0.4) is 0 Å². The lowest BCUT2D eigenvalue weighted by Crippen LogP contribution is -2.42. The monoisotopic (exact) mass is 421 g/mol. The fraction of sp³-hybridized carbons (Fsp3) is 0.533. The highest BCUT2D eigenvalue weighted by Crippen LogP contribution is 2.13. The zero-order valence-corrected chi connectivity index (χ0v) is 15.6. The summed E-state index contributed by atoms with van der Waals surface area (Å²) in [4.78, 5) is 6.71. The first-order chi connectivity index (χ1) is 9.81. The SMILES string of the molecule is CCOCc1ccccc1CN=C(N)N1CCSCC1.I. The minimum atomic E-state index is 0. The normalized spacial score (nSPS) is 15.7. The molecule has 1 aliphatic rings. The first-order valence-corrected chi connectivity index (χ1v) is 8.24. The van der Waals surface area contributed by atoms with Crippen molar-refractivity contribution >= 4 is 41.7 Å². The molecule has 0 bridgehead atoms. The Bertz CT molecular complexity index is 450. The topological polar surface area (TPSA) is 50.9 Å². The van der Waals surface area contributed by atoms with Crippen molar-refractivity contribution in [2.75, 3.05) is 31.2 Å². The van der Waals surface area contributed by atoms with E-state index in [1.807, 2.05) is 30.8 Å². The number of benzene rings is 1. The van der Waals surface area contributed by atoms with E-state index in [-0.39, 0.29) is 24.0 Å². The zero-order chi connectivity index (χ0) is 14.2. The smallest absolute Gasteiger partial charge is 0.191 e. The number of thioether (sulfide) groups is 1. The second kappa shape index (κ2) is 10.3. The first kappa shape index (κ1) is 18.6. The summed E-state index contributed by atoms with van der Waals surface area (Å²) >= 11 is 1.97. The largest absolute Gasteiger partial charge is 0.377 e. The molecule has 0 spiro atoms. The number of rotatable bonds is 5. The Morgan fingerprint density at radius 3 is 2.62 bits per heavy atom. The van der Waals surface area contributed by atoms with Crippen LogP contribution in [0.25, 0.3) is 0 Å². The van der Waals surface area contributed by atoms with Gasteiger partial charge in [-0.05, 0) is 18.1 Å². The van der Waals surface area contributed by atoms with Crippen LogP contribution in [0.2, 0.25) is 0 Å². The van der Waals surface area contributed by atoms with Crippen molar-refractivity contribution in [1.29, 1.82) is 0 Å². The number of hydrogen-bond donors (Lipinski definition) is 1. The third kappa shape index (κ3) is 6.04. The molecule has 1 aliphatic heterocycles. The van der Waals surface area contributed by atoms with Gasteiger partial charge in [-0.1, -0.05) is 24.3 Å². The van der Waals surface area contributed by atoms with Gasteiger partial charge in [-0.15, -0.1) is 24.0 Å². The van der Waals surface area contributed by atoms with Crippen LogP contribution in [0, 0.1) is 0 Å². The molecule has 0 aromatic heterocycles. The minimum absolute atomic E-state index is 0. The third-order valence-corrected chi connectivity index (χ3v) is 4.27. The molecule has 1 fully saturated rings. The van der Waals surface area contributed by atoms with Crippen molar-refractivity contribution < 1.29 is 4.74 Å². The fourth-order valence-electron chi connectivity index (χ4n) is 2.12. The van der Waals surface area contributed by atoms with Gasteiger partial charge in [0.25, 0.3) is 0 Å². The summed E-state index contributed by atoms with van der Waals surface area (Å²) in [6.07, 6.45) is 0. The number of nitrogens with zero attached hydrogens (tertiary/aromatic N) is 2. The van der Waals surface area contributed by atoms with E-state index in [9.17, 15) is 0 Å². The Labute approximate surface area is 148 Å². The Balaban J connectivity index is 0.00000220. The molecular weight excluding hydrogens is 397 g/mol. The number of aliphatic imine (C=N–C) groups is 1. The van der Waals surface area contributed by atoms with Crippen molar-refractivity contribution in [3.8, 4) is 0 Å². The second-order valence-electron chi connectivity index (χ2n) is 4.68. The highest BCUT2D eigenvalue weighted by atomic mass is 127. The van der Waals surface area contributed by atoms with Crippen LogP contribution in [0.4, 0.5) is 0 Å². The highest BCUT2D eigenvalue weighted by Gasteiger charge is 2.12.